The molecule has 0 atom stereocenters. The predicted molar refractivity (Wildman–Crippen MR) is 57.8 cm³/mol. The molecule has 0 saturated carbocycles. The van der Waals surface area contributed by atoms with Crippen molar-refractivity contribution < 1.29 is 9.53 Å². The van der Waals surface area contributed by atoms with E-state index in [9.17, 15) is 4.79 Å². The van der Waals surface area contributed by atoms with Crippen LogP contribution >= 0.6 is 0 Å². The van der Waals surface area contributed by atoms with Gasteiger partial charge in [-0.15, -0.1) is 0 Å². The maximum atomic E-state index is 11.5. The molecule has 0 aliphatic carbocycles. The zero-order chi connectivity index (χ0) is 10.8. The van der Waals surface area contributed by atoms with Crippen LogP contribution in [0, 0.1) is 6.92 Å². The Hall–Kier alpha value is -1.90. The van der Waals surface area contributed by atoms with Crippen molar-refractivity contribution in [2.75, 3.05) is 7.11 Å². The van der Waals surface area contributed by atoms with Crippen LogP contribution in [0.3, 0.4) is 0 Å². The molecule has 1 heterocycles. The number of esters is 1. The molecule has 2 aromatic rings. The maximum absolute atomic E-state index is 11.5. The lowest BCUT2D eigenvalue weighted by Crippen LogP contribution is -2.02. The fourth-order valence-electron chi connectivity index (χ4n) is 1.62. The summed E-state index contributed by atoms with van der Waals surface area (Å²) < 4.78 is 4.72. The van der Waals surface area contributed by atoms with E-state index in [1.54, 1.807) is 18.5 Å². The van der Waals surface area contributed by atoms with Gasteiger partial charge in [-0.25, -0.2) is 4.79 Å². The molecule has 2 rings (SSSR count). The van der Waals surface area contributed by atoms with Crippen LogP contribution in [-0.2, 0) is 4.74 Å². The van der Waals surface area contributed by atoms with Crippen molar-refractivity contribution in [1.82, 2.24) is 4.98 Å². The number of hydrogen-bond donors (Lipinski definition) is 0. The first-order valence-corrected chi connectivity index (χ1v) is 4.65. The van der Waals surface area contributed by atoms with Gasteiger partial charge in [-0.05, 0) is 30.0 Å². The third kappa shape index (κ3) is 1.56. The Bertz CT molecular complexity index is 520. The second-order valence-corrected chi connectivity index (χ2v) is 3.34. The lowest BCUT2D eigenvalue weighted by atomic mass is 10.0. The molecular formula is C12H11NO2. The fraction of sp³-hybridized carbons (Fsp3) is 0.167. The number of carbonyl (C=O) groups is 1. The number of rotatable bonds is 1. The number of benzene rings is 1. The predicted octanol–water partition coefficient (Wildman–Crippen LogP) is 2.33. The highest BCUT2D eigenvalue weighted by Gasteiger charge is 2.10. The van der Waals surface area contributed by atoms with Gasteiger partial charge >= 0.3 is 5.97 Å². The summed E-state index contributed by atoms with van der Waals surface area (Å²) in [7, 11) is 1.38. The zero-order valence-electron chi connectivity index (χ0n) is 8.65. The Morgan fingerprint density at radius 2 is 2.07 bits per heavy atom. The average Bonchev–Trinajstić information content (AvgIpc) is 2.29. The number of nitrogens with zero attached hydrogens (tertiary/aromatic N) is 1. The van der Waals surface area contributed by atoms with Gasteiger partial charge in [0.2, 0.25) is 0 Å². The first-order chi connectivity index (χ1) is 7.24. The summed E-state index contributed by atoms with van der Waals surface area (Å²) in [5, 5.41) is 1.87. The van der Waals surface area contributed by atoms with Gasteiger partial charge in [0.1, 0.15) is 0 Å². The monoisotopic (exact) mass is 201 g/mol. The van der Waals surface area contributed by atoms with Crippen molar-refractivity contribution in [1.29, 1.82) is 0 Å². The number of methoxy groups -OCH3 is 1. The van der Waals surface area contributed by atoms with Crippen molar-refractivity contribution >= 4 is 16.7 Å². The Labute approximate surface area is 87.7 Å². The minimum Gasteiger partial charge on any atom is -0.465 e. The minimum absolute atomic E-state index is 0.314. The van der Waals surface area contributed by atoms with Crippen LogP contribution in [0.1, 0.15) is 15.9 Å². The van der Waals surface area contributed by atoms with Crippen LogP contribution < -0.4 is 0 Å². The molecule has 0 aliphatic rings. The Balaban J connectivity index is 2.77. The van der Waals surface area contributed by atoms with Crippen molar-refractivity contribution in [2.24, 2.45) is 0 Å². The van der Waals surface area contributed by atoms with Crippen LogP contribution in [0.2, 0.25) is 0 Å². The Morgan fingerprint density at radius 1 is 1.27 bits per heavy atom. The molecule has 0 N–H and O–H groups in total. The molecule has 1 aromatic heterocycles. The smallest absolute Gasteiger partial charge is 0.338 e. The molecule has 0 radical (unpaired) electrons. The molecule has 0 unspecified atom stereocenters. The maximum Gasteiger partial charge on any atom is 0.338 e. The van der Waals surface area contributed by atoms with Crippen LogP contribution in [0.25, 0.3) is 10.8 Å². The van der Waals surface area contributed by atoms with E-state index in [1.165, 1.54) is 7.11 Å². The van der Waals surface area contributed by atoms with E-state index < -0.39 is 0 Å². The molecular weight excluding hydrogens is 190 g/mol. The first-order valence-electron chi connectivity index (χ1n) is 4.65. The largest absolute Gasteiger partial charge is 0.465 e. The van der Waals surface area contributed by atoms with E-state index in [-0.39, 0.29) is 5.97 Å². The van der Waals surface area contributed by atoms with E-state index >= 15 is 0 Å². The summed E-state index contributed by atoms with van der Waals surface area (Å²) in [6.45, 7) is 1.99. The first kappa shape index (κ1) is 9.65. The number of fused-ring (bicyclic) bond motifs is 1. The van der Waals surface area contributed by atoms with E-state index in [1.807, 2.05) is 19.1 Å². The van der Waals surface area contributed by atoms with Crippen molar-refractivity contribution in [3.8, 4) is 0 Å². The van der Waals surface area contributed by atoms with Gasteiger partial charge in [0.05, 0.1) is 12.7 Å². The molecule has 15 heavy (non-hydrogen) atoms. The lowest BCUT2D eigenvalue weighted by molar-refractivity contribution is 0.0603. The van der Waals surface area contributed by atoms with Gasteiger partial charge in [-0.1, -0.05) is 6.07 Å². The van der Waals surface area contributed by atoms with E-state index in [0.29, 0.717) is 5.56 Å². The molecule has 76 valence electrons. The van der Waals surface area contributed by atoms with E-state index in [4.69, 9.17) is 4.74 Å². The summed E-state index contributed by atoms with van der Waals surface area (Å²) in [5.74, 6) is -0.314. The summed E-state index contributed by atoms with van der Waals surface area (Å²) >= 11 is 0. The fourth-order valence-corrected chi connectivity index (χ4v) is 1.62. The normalized spacial score (nSPS) is 10.3. The van der Waals surface area contributed by atoms with Gasteiger partial charge in [0.15, 0.2) is 0 Å². The number of aryl methyl sites for hydroxylation is 1. The van der Waals surface area contributed by atoms with Gasteiger partial charge in [-0.3, -0.25) is 4.98 Å². The number of carbonyl (C=O) groups excluding carboxylic acids is 1. The highest BCUT2D eigenvalue weighted by Crippen LogP contribution is 2.21. The minimum atomic E-state index is -0.314. The third-order valence-corrected chi connectivity index (χ3v) is 2.44. The highest BCUT2D eigenvalue weighted by molar-refractivity contribution is 6.05. The standard InChI is InChI=1S/C12H11NO2/c1-8-3-4-10(12(14)15-2)9-5-6-13-7-11(8)9/h3-7H,1-2H3. The van der Waals surface area contributed by atoms with Crippen molar-refractivity contribution in [3.05, 3.63) is 41.7 Å². The quantitative estimate of drug-likeness (QED) is 0.665. The molecule has 0 spiro atoms. The lowest BCUT2D eigenvalue weighted by Gasteiger charge is -2.06. The average molecular weight is 201 g/mol. The summed E-state index contributed by atoms with van der Waals surface area (Å²) in [5.41, 5.74) is 1.69. The molecule has 0 saturated heterocycles. The van der Waals surface area contributed by atoms with E-state index in [2.05, 4.69) is 4.98 Å². The molecule has 0 fully saturated rings. The molecule has 0 bridgehead atoms. The number of ether oxygens (including phenoxy) is 1. The molecule has 3 heteroatoms. The SMILES string of the molecule is COC(=O)c1ccc(C)c2cnccc12. The third-order valence-electron chi connectivity index (χ3n) is 2.44. The zero-order valence-corrected chi connectivity index (χ0v) is 8.65. The van der Waals surface area contributed by atoms with Gasteiger partial charge in [0, 0.05) is 17.8 Å². The summed E-state index contributed by atoms with van der Waals surface area (Å²) in [6.07, 6.45) is 3.44. The molecule has 1 aromatic carbocycles. The Morgan fingerprint density at radius 3 is 2.80 bits per heavy atom. The summed E-state index contributed by atoms with van der Waals surface area (Å²) in [4.78, 5) is 15.5. The highest BCUT2D eigenvalue weighted by atomic mass is 16.5. The summed E-state index contributed by atoms with van der Waals surface area (Å²) in [6, 6.07) is 5.51. The van der Waals surface area contributed by atoms with Crippen molar-refractivity contribution in [2.45, 2.75) is 6.92 Å². The van der Waals surface area contributed by atoms with Crippen LogP contribution in [0.5, 0.6) is 0 Å². The van der Waals surface area contributed by atoms with Gasteiger partial charge in [-0.2, -0.15) is 0 Å². The van der Waals surface area contributed by atoms with Crippen molar-refractivity contribution in [3.63, 3.8) is 0 Å². The van der Waals surface area contributed by atoms with Crippen LogP contribution in [-0.4, -0.2) is 18.1 Å². The number of pyridine rings is 1. The molecule has 0 amide bonds. The molecule has 3 nitrogen and oxygen atoms in total. The van der Waals surface area contributed by atoms with Gasteiger partial charge in [0.25, 0.3) is 0 Å². The topological polar surface area (TPSA) is 39.2 Å². The second kappa shape index (κ2) is 3.69. The van der Waals surface area contributed by atoms with Gasteiger partial charge < -0.3 is 4.74 Å². The van der Waals surface area contributed by atoms with E-state index in [0.717, 1.165) is 16.3 Å². The number of aromatic nitrogens is 1. The van der Waals surface area contributed by atoms with Crippen LogP contribution in [0.4, 0.5) is 0 Å². The Kier molecular flexibility index (Phi) is 2.37. The van der Waals surface area contributed by atoms with Crippen LogP contribution in [0.15, 0.2) is 30.6 Å². The molecule has 0 aliphatic heterocycles. The second-order valence-electron chi connectivity index (χ2n) is 3.34. The number of hydrogen-bond acceptors (Lipinski definition) is 3.